The zero-order chi connectivity index (χ0) is 22.0. The van der Waals surface area contributed by atoms with Crippen molar-refractivity contribution < 1.29 is 19.1 Å². The molecule has 5 aromatic carbocycles. The predicted molar refractivity (Wildman–Crippen MR) is 126 cm³/mol. The van der Waals surface area contributed by atoms with E-state index >= 15 is 0 Å². The number of aromatic nitrogens is 2. The largest absolute Gasteiger partial charge is 0.448 e. The molecule has 0 saturated heterocycles. The van der Waals surface area contributed by atoms with Gasteiger partial charge in [0.1, 0.15) is 0 Å². The van der Waals surface area contributed by atoms with Crippen molar-refractivity contribution in [1.82, 2.24) is 9.36 Å². The third-order valence-corrected chi connectivity index (χ3v) is 6.13. The van der Waals surface area contributed by atoms with Gasteiger partial charge in [-0.25, -0.2) is 9.59 Å². The quantitative estimate of drug-likeness (QED) is 0.235. The molecular weight excluding hydrogens is 404 g/mol. The minimum atomic E-state index is -0.627. The van der Waals surface area contributed by atoms with E-state index in [0.29, 0.717) is 11.0 Å². The molecular formula is C26H20N2O4. The maximum atomic E-state index is 13.2. The van der Waals surface area contributed by atoms with Crippen LogP contribution >= 0.6 is 0 Å². The summed E-state index contributed by atoms with van der Waals surface area (Å²) in [5.74, 6) is 0. The minimum Gasteiger partial charge on any atom is -0.448 e. The van der Waals surface area contributed by atoms with Crippen LogP contribution in [-0.4, -0.2) is 34.8 Å². The molecule has 0 aliphatic carbocycles. The Kier molecular flexibility index (Phi) is 3.92. The number of nitrogens with zero attached hydrogens (tertiary/aromatic N) is 2. The smallest absolute Gasteiger partial charge is 0.434 e. The number of rotatable bonds is 2. The minimum absolute atomic E-state index is 0.189. The summed E-state index contributed by atoms with van der Waals surface area (Å²) in [5.41, 5.74) is 1.21. The second kappa shape index (κ2) is 6.72. The van der Waals surface area contributed by atoms with Crippen molar-refractivity contribution in [2.45, 2.75) is 13.8 Å². The van der Waals surface area contributed by atoms with E-state index in [1.807, 2.05) is 24.3 Å². The van der Waals surface area contributed by atoms with Gasteiger partial charge in [-0.3, -0.25) is 0 Å². The molecule has 6 aromatic rings. The fraction of sp³-hybridized carbons (Fsp3) is 0.154. The summed E-state index contributed by atoms with van der Waals surface area (Å²) in [6.07, 6.45) is -1.25. The zero-order valence-corrected chi connectivity index (χ0v) is 17.7. The van der Waals surface area contributed by atoms with E-state index in [4.69, 9.17) is 9.47 Å². The SMILES string of the molecule is CCOC(=O)n1c2ccc3cccc4c5cccc6ccc(c(c65)c2c34)n1C(=O)OCC. The third-order valence-electron chi connectivity index (χ3n) is 6.13. The first kappa shape index (κ1) is 18.7. The summed E-state index contributed by atoms with van der Waals surface area (Å²) >= 11 is 0. The monoisotopic (exact) mass is 424 g/mol. The van der Waals surface area contributed by atoms with Crippen LogP contribution in [-0.2, 0) is 9.47 Å². The fourth-order valence-electron chi connectivity index (χ4n) is 4.99. The lowest BCUT2D eigenvalue weighted by Gasteiger charge is -2.24. The number of hydrogen-bond acceptors (Lipinski definition) is 4. The molecule has 0 bridgehead atoms. The van der Waals surface area contributed by atoms with E-state index in [9.17, 15) is 9.59 Å². The lowest BCUT2D eigenvalue weighted by Crippen LogP contribution is -2.31. The van der Waals surface area contributed by atoms with Crippen LogP contribution in [0.25, 0.3) is 54.1 Å². The van der Waals surface area contributed by atoms with Crippen LogP contribution in [0.1, 0.15) is 13.8 Å². The summed E-state index contributed by atoms with van der Waals surface area (Å²) in [6.45, 7) is 3.86. The van der Waals surface area contributed by atoms with Gasteiger partial charge in [-0.2, -0.15) is 9.36 Å². The van der Waals surface area contributed by atoms with Crippen molar-refractivity contribution in [1.29, 1.82) is 0 Å². The molecule has 0 amide bonds. The molecule has 1 aromatic heterocycles. The van der Waals surface area contributed by atoms with Crippen LogP contribution in [0.5, 0.6) is 0 Å². The van der Waals surface area contributed by atoms with Gasteiger partial charge < -0.3 is 9.47 Å². The van der Waals surface area contributed by atoms with Crippen molar-refractivity contribution in [2.75, 3.05) is 13.2 Å². The van der Waals surface area contributed by atoms with Gasteiger partial charge in [-0.05, 0) is 58.3 Å². The Morgan fingerprint density at radius 3 is 1.47 bits per heavy atom. The molecule has 0 aliphatic heterocycles. The van der Waals surface area contributed by atoms with Crippen LogP contribution in [0.3, 0.4) is 0 Å². The second-order valence-electron chi connectivity index (χ2n) is 7.75. The van der Waals surface area contributed by atoms with E-state index in [-0.39, 0.29) is 13.2 Å². The number of fused-ring (bicyclic) bond motifs is 1. The average Bonchev–Trinajstić information content (AvgIpc) is 2.81. The molecule has 0 spiro atoms. The molecule has 6 nitrogen and oxygen atoms in total. The molecule has 0 fully saturated rings. The zero-order valence-electron chi connectivity index (χ0n) is 17.7. The number of ether oxygens (including phenoxy) is 2. The Morgan fingerprint density at radius 2 is 1.06 bits per heavy atom. The molecule has 0 radical (unpaired) electrons. The predicted octanol–water partition coefficient (Wildman–Crippen LogP) is 6.50. The Labute approximate surface area is 182 Å². The van der Waals surface area contributed by atoms with Crippen molar-refractivity contribution in [3.05, 3.63) is 60.7 Å². The standard InChI is InChI=1S/C26H20N2O4/c1-3-31-25(29)27-19-13-11-15-7-5-9-17-18-10-6-8-16-12-14-20(28(27)26(30)32-4-2)24(22(16)18)23(19)21(15)17/h5-14H,3-4H2,1-2H3. The number of hydrogen-bond donors (Lipinski definition) is 0. The molecule has 6 rings (SSSR count). The maximum Gasteiger partial charge on any atom is 0.434 e. The third kappa shape index (κ3) is 2.29. The van der Waals surface area contributed by atoms with Crippen LogP contribution in [0, 0.1) is 0 Å². The first-order valence-electron chi connectivity index (χ1n) is 10.7. The van der Waals surface area contributed by atoms with Gasteiger partial charge in [0.25, 0.3) is 0 Å². The Balaban J connectivity index is 1.97. The molecule has 32 heavy (non-hydrogen) atoms. The van der Waals surface area contributed by atoms with Gasteiger partial charge in [-0.1, -0.05) is 48.5 Å². The fourth-order valence-corrected chi connectivity index (χ4v) is 4.99. The van der Waals surface area contributed by atoms with E-state index in [1.165, 1.54) is 9.36 Å². The van der Waals surface area contributed by atoms with Gasteiger partial charge in [0.2, 0.25) is 0 Å². The number of benzene rings is 5. The molecule has 0 aliphatic rings. The summed E-state index contributed by atoms with van der Waals surface area (Å²) < 4.78 is 13.3. The van der Waals surface area contributed by atoms with Crippen molar-refractivity contribution in [3.63, 3.8) is 0 Å². The molecule has 1 heterocycles. The molecule has 0 unspecified atom stereocenters. The maximum absolute atomic E-state index is 13.2. The lowest BCUT2D eigenvalue weighted by atomic mass is 9.88. The average molecular weight is 424 g/mol. The van der Waals surface area contributed by atoms with Crippen LogP contribution < -0.4 is 0 Å². The highest BCUT2D eigenvalue weighted by atomic mass is 16.6. The van der Waals surface area contributed by atoms with Crippen LogP contribution in [0.15, 0.2) is 60.7 Å². The van der Waals surface area contributed by atoms with E-state index in [0.717, 1.165) is 43.1 Å². The van der Waals surface area contributed by atoms with Crippen molar-refractivity contribution >= 4 is 66.3 Å². The topological polar surface area (TPSA) is 62.5 Å². The summed E-state index contributed by atoms with van der Waals surface area (Å²) in [7, 11) is 0. The van der Waals surface area contributed by atoms with Crippen molar-refractivity contribution in [2.24, 2.45) is 0 Å². The Hall–Kier alpha value is -4.06. The molecule has 0 N–H and O–H groups in total. The van der Waals surface area contributed by atoms with Gasteiger partial charge in [0, 0.05) is 10.8 Å². The first-order valence-corrected chi connectivity index (χ1v) is 10.7. The normalized spacial score (nSPS) is 11.9. The highest BCUT2D eigenvalue weighted by molar-refractivity contribution is 6.39. The van der Waals surface area contributed by atoms with Crippen molar-refractivity contribution in [3.8, 4) is 0 Å². The van der Waals surface area contributed by atoms with Gasteiger partial charge in [0.05, 0.1) is 24.2 Å². The van der Waals surface area contributed by atoms with Crippen LogP contribution in [0.4, 0.5) is 9.59 Å². The van der Waals surface area contributed by atoms with Crippen LogP contribution in [0.2, 0.25) is 0 Å². The van der Waals surface area contributed by atoms with Gasteiger partial charge in [-0.15, -0.1) is 0 Å². The lowest BCUT2D eigenvalue weighted by molar-refractivity contribution is 0.132. The molecule has 158 valence electrons. The number of carbonyl (C=O) groups is 2. The second-order valence-corrected chi connectivity index (χ2v) is 7.75. The summed E-state index contributed by atoms with van der Waals surface area (Å²) in [5, 5.41) is 8.38. The Bertz CT molecular complexity index is 1560. The molecule has 0 atom stereocenters. The van der Waals surface area contributed by atoms with E-state index < -0.39 is 12.2 Å². The Morgan fingerprint density at radius 1 is 0.625 bits per heavy atom. The van der Waals surface area contributed by atoms with E-state index in [2.05, 4.69) is 36.4 Å². The summed E-state index contributed by atoms with van der Waals surface area (Å²) in [4.78, 5) is 26.3. The van der Waals surface area contributed by atoms with Gasteiger partial charge >= 0.3 is 12.2 Å². The molecule has 6 heteroatoms. The highest BCUT2D eigenvalue weighted by Crippen LogP contribution is 2.44. The first-order chi connectivity index (χ1) is 15.7. The summed E-state index contributed by atoms with van der Waals surface area (Å²) in [6, 6.07) is 20.2. The van der Waals surface area contributed by atoms with E-state index in [1.54, 1.807) is 13.8 Å². The molecule has 0 saturated carbocycles. The number of carbonyl (C=O) groups excluding carboxylic acids is 2. The highest BCUT2D eigenvalue weighted by Gasteiger charge is 2.26. The van der Waals surface area contributed by atoms with Gasteiger partial charge in [0.15, 0.2) is 0 Å².